The molecule has 0 saturated heterocycles. The van der Waals surface area contributed by atoms with Gasteiger partial charge < -0.3 is 4.57 Å². The van der Waals surface area contributed by atoms with Gasteiger partial charge in [-0.2, -0.15) is 0 Å². The van der Waals surface area contributed by atoms with Gasteiger partial charge in [-0.3, -0.25) is 0 Å². The van der Waals surface area contributed by atoms with Crippen LogP contribution in [0.25, 0.3) is 27.5 Å². The van der Waals surface area contributed by atoms with Crippen LogP contribution in [0.2, 0.25) is 0 Å². The van der Waals surface area contributed by atoms with Gasteiger partial charge in [0.1, 0.15) is 0 Å². The van der Waals surface area contributed by atoms with Crippen LogP contribution in [0.5, 0.6) is 0 Å². The van der Waals surface area contributed by atoms with Crippen molar-refractivity contribution in [3.63, 3.8) is 0 Å². The van der Waals surface area contributed by atoms with E-state index in [-0.39, 0.29) is 13.4 Å². The van der Waals surface area contributed by atoms with Gasteiger partial charge in [-0.25, -0.2) is 0 Å². The summed E-state index contributed by atoms with van der Waals surface area (Å²) in [5.41, 5.74) is 28.3. The first-order valence-electron chi connectivity index (χ1n) is 19.9. The van der Waals surface area contributed by atoms with Gasteiger partial charge >= 0.3 is 0 Å². The van der Waals surface area contributed by atoms with E-state index in [4.69, 9.17) is 0 Å². The second-order valence-electron chi connectivity index (χ2n) is 17.6. The number of rotatable bonds is 2. The molecule has 0 radical (unpaired) electrons. The summed E-state index contributed by atoms with van der Waals surface area (Å²) in [5.74, 6) is 2.80. The number of aryl methyl sites for hydroxylation is 5. The van der Waals surface area contributed by atoms with Crippen molar-refractivity contribution in [1.29, 1.82) is 0 Å². The van der Waals surface area contributed by atoms with Gasteiger partial charge in [-0.05, 0) is 166 Å². The molecule has 244 valence electrons. The van der Waals surface area contributed by atoms with Gasteiger partial charge in [0, 0.05) is 27.5 Å². The molecule has 0 amide bonds. The molecule has 50 heavy (non-hydrogen) atoms. The maximum atomic E-state index is 2.89. The average molecular weight is 646 g/mol. The summed E-state index contributed by atoms with van der Waals surface area (Å²) in [6.45, 7) is 12.4. The second kappa shape index (κ2) is 9.67. The largest absolute Gasteiger partial charge is 0.311 e. The van der Waals surface area contributed by atoms with Gasteiger partial charge in [-0.15, -0.1) is 0 Å². The number of hydrogen-bond acceptors (Lipinski definition) is 0. The van der Waals surface area contributed by atoms with E-state index in [1.54, 1.807) is 76.8 Å². The molecule has 2 fully saturated rings. The van der Waals surface area contributed by atoms with Crippen LogP contribution in [0.3, 0.4) is 0 Å². The van der Waals surface area contributed by atoms with Gasteiger partial charge in [0.05, 0.1) is 0 Å². The molecule has 0 N–H and O–H groups in total. The van der Waals surface area contributed by atoms with E-state index in [2.05, 4.69) is 99.8 Å². The Kier molecular flexibility index (Phi) is 5.55. The molecule has 0 atom stereocenters. The van der Waals surface area contributed by atoms with E-state index < -0.39 is 0 Å². The van der Waals surface area contributed by atoms with Crippen molar-refractivity contribution in [3.8, 4) is 5.69 Å². The highest BCUT2D eigenvalue weighted by Crippen LogP contribution is 2.54. The van der Waals surface area contributed by atoms with Crippen molar-refractivity contribution in [3.05, 3.63) is 111 Å². The van der Waals surface area contributed by atoms with E-state index in [1.165, 1.54) is 84.9 Å². The molecule has 2 aliphatic heterocycles. The summed E-state index contributed by atoms with van der Waals surface area (Å²) in [4.78, 5) is 0. The van der Waals surface area contributed by atoms with Gasteiger partial charge in [0.2, 0.25) is 13.4 Å². The standard InChI is InChI=1S/C47H45B2N/c1-24-20-37-47-38(21-24)49(42-27(4)10-7-11-28(42)5)44-40-32-18-14-30(15-19-32)34(40)23-36-35-22-33-29-12-16-31(17-13-29)39(33)43(45(35)50(47)46(36)44)48(37)41-25(2)8-6-9-26(41)3/h6-11,20-23,29-32H,12-19H2,1-5H3. The molecule has 3 heterocycles. The number of nitrogens with zero attached hydrogens (tertiary/aromatic N) is 1. The lowest BCUT2D eigenvalue weighted by atomic mass is 9.29. The number of fused-ring (bicyclic) bond motifs is 5. The fourth-order valence-corrected chi connectivity index (χ4v) is 13.3. The van der Waals surface area contributed by atoms with Crippen LogP contribution in [0, 0.1) is 34.6 Å². The normalized spacial score (nSPS) is 23.4. The van der Waals surface area contributed by atoms with Gasteiger partial charge in [0.25, 0.3) is 0 Å². The SMILES string of the molecule is Cc1cc2c3c(c1)B(c1c(C)cccc1C)c1c4c(cc5c6cc7c(c(c6n-3c15)B2c1c(C)cccc1C)C1CCC7CC1)C1CCC4CC1. The predicted molar refractivity (Wildman–Crippen MR) is 215 cm³/mol. The minimum atomic E-state index is 0.254. The Morgan fingerprint density at radius 2 is 0.860 bits per heavy atom. The molecule has 8 aliphatic rings. The third-order valence-corrected chi connectivity index (χ3v) is 15.1. The molecule has 1 aromatic heterocycles. The lowest BCUT2D eigenvalue weighted by Gasteiger charge is -2.44. The fourth-order valence-electron chi connectivity index (χ4n) is 13.3. The van der Waals surface area contributed by atoms with E-state index in [0.29, 0.717) is 23.7 Å². The van der Waals surface area contributed by atoms with Gasteiger partial charge in [-0.1, -0.05) is 87.3 Å². The van der Waals surface area contributed by atoms with Gasteiger partial charge in [0.15, 0.2) is 0 Å². The van der Waals surface area contributed by atoms with Crippen LogP contribution in [-0.2, 0) is 0 Å². The maximum absolute atomic E-state index is 2.89. The van der Waals surface area contributed by atoms with Crippen LogP contribution in [0.1, 0.15) is 125 Å². The van der Waals surface area contributed by atoms with Crippen LogP contribution < -0.4 is 32.8 Å². The Bertz CT molecular complexity index is 2320. The number of aromatic nitrogens is 1. The fraction of sp³-hybridized carbons (Fsp3) is 0.362. The van der Waals surface area contributed by atoms with E-state index in [0.717, 1.165) is 0 Å². The second-order valence-corrected chi connectivity index (χ2v) is 17.6. The third kappa shape index (κ3) is 3.35. The molecule has 0 unspecified atom stereocenters. The zero-order chi connectivity index (χ0) is 33.3. The Morgan fingerprint density at radius 3 is 1.26 bits per heavy atom. The van der Waals surface area contributed by atoms with E-state index >= 15 is 0 Å². The quantitative estimate of drug-likeness (QED) is 0.172. The Morgan fingerprint density at radius 1 is 0.480 bits per heavy atom. The number of benzene rings is 5. The summed E-state index contributed by atoms with van der Waals surface area (Å²) >= 11 is 0. The van der Waals surface area contributed by atoms with Crippen LogP contribution in [-0.4, -0.2) is 18.0 Å². The molecule has 14 rings (SSSR count). The Labute approximate surface area is 297 Å². The Balaban J connectivity index is 1.36. The lowest BCUT2D eigenvalue weighted by molar-refractivity contribution is 0.360. The monoisotopic (exact) mass is 645 g/mol. The minimum Gasteiger partial charge on any atom is -0.311 e. The van der Waals surface area contributed by atoms with Crippen molar-refractivity contribution in [2.24, 2.45) is 0 Å². The molecule has 2 saturated carbocycles. The summed E-state index contributed by atoms with van der Waals surface area (Å²) < 4.78 is 2.89. The molecule has 0 spiro atoms. The molecule has 4 bridgehead atoms. The maximum Gasteiger partial charge on any atom is 0.247 e. The van der Waals surface area contributed by atoms with Crippen molar-refractivity contribution >= 4 is 68.0 Å². The molecular formula is C47H45B2N. The first-order valence-corrected chi connectivity index (χ1v) is 19.9. The van der Waals surface area contributed by atoms with Crippen molar-refractivity contribution in [2.75, 3.05) is 0 Å². The average Bonchev–Trinajstić information content (AvgIpc) is 3.45. The van der Waals surface area contributed by atoms with Crippen LogP contribution in [0.15, 0.2) is 60.7 Å². The highest BCUT2D eigenvalue weighted by molar-refractivity contribution is 7.02. The molecule has 5 aromatic carbocycles. The highest BCUT2D eigenvalue weighted by Gasteiger charge is 2.49. The smallest absolute Gasteiger partial charge is 0.247 e. The summed E-state index contributed by atoms with van der Waals surface area (Å²) in [7, 11) is 0. The first kappa shape index (κ1) is 28.7. The molecule has 3 heteroatoms. The van der Waals surface area contributed by atoms with Crippen molar-refractivity contribution in [1.82, 2.24) is 4.57 Å². The molecule has 6 aliphatic carbocycles. The summed E-state index contributed by atoms with van der Waals surface area (Å²) in [6.07, 6.45) is 10.9. The molecular weight excluding hydrogens is 600 g/mol. The van der Waals surface area contributed by atoms with E-state index in [9.17, 15) is 0 Å². The topological polar surface area (TPSA) is 4.93 Å². The summed E-state index contributed by atoms with van der Waals surface area (Å²) in [5, 5.41) is 3.12. The Hall–Kier alpha value is -3.97. The summed E-state index contributed by atoms with van der Waals surface area (Å²) in [6, 6.07) is 24.8. The van der Waals surface area contributed by atoms with Crippen LogP contribution >= 0.6 is 0 Å². The zero-order valence-electron chi connectivity index (χ0n) is 30.3. The minimum absolute atomic E-state index is 0.254. The predicted octanol–water partition coefficient (Wildman–Crippen LogP) is 7.49. The third-order valence-electron chi connectivity index (χ3n) is 15.1. The zero-order valence-corrected chi connectivity index (χ0v) is 30.3. The van der Waals surface area contributed by atoms with E-state index in [1.807, 2.05) is 0 Å². The van der Waals surface area contributed by atoms with Crippen LogP contribution in [0.4, 0.5) is 0 Å². The molecule has 1 nitrogen and oxygen atoms in total. The highest BCUT2D eigenvalue weighted by atomic mass is 15.0. The van der Waals surface area contributed by atoms with Crippen molar-refractivity contribution in [2.45, 2.75) is 110 Å². The molecule has 6 aromatic rings. The first-order chi connectivity index (χ1) is 24.4. The lowest BCUT2D eigenvalue weighted by Crippen LogP contribution is -2.65. The number of hydrogen-bond donors (Lipinski definition) is 0. The van der Waals surface area contributed by atoms with Crippen molar-refractivity contribution < 1.29 is 0 Å².